The van der Waals surface area contributed by atoms with Crippen LogP contribution in [0.15, 0.2) is 53.4 Å². The summed E-state index contributed by atoms with van der Waals surface area (Å²) in [5.41, 5.74) is 0.949. The molecule has 2 aromatic carbocycles. The van der Waals surface area contributed by atoms with Gasteiger partial charge in [0.15, 0.2) is 0 Å². The van der Waals surface area contributed by atoms with Crippen molar-refractivity contribution < 1.29 is 17.9 Å². The Hall–Kier alpha value is -2.09. The highest BCUT2D eigenvalue weighted by Crippen LogP contribution is 2.22. The summed E-state index contributed by atoms with van der Waals surface area (Å²) in [7, 11) is -3.44. The Kier molecular flexibility index (Phi) is 8.13. The van der Waals surface area contributed by atoms with Crippen LogP contribution in [-0.4, -0.2) is 44.9 Å². The van der Waals surface area contributed by atoms with Crippen LogP contribution < -0.4 is 10.1 Å². The van der Waals surface area contributed by atoms with Crippen molar-refractivity contribution in [3.05, 3.63) is 59.1 Å². The van der Waals surface area contributed by atoms with Gasteiger partial charge in [0.25, 0.3) is 0 Å². The summed E-state index contributed by atoms with van der Waals surface area (Å²) in [6.45, 7) is 1.83. The predicted octanol–water partition coefficient (Wildman–Crippen LogP) is 3.64. The quantitative estimate of drug-likeness (QED) is 0.592. The number of carbonyl (C=O) groups is 1. The molecule has 0 aliphatic carbocycles. The Bertz CT molecular complexity index is 942. The molecule has 1 fully saturated rings. The molecule has 162 valence electrons. The van der Waals surface area contributed by atoms with Crippen LogP contribution in [0.5, 0.6) is 5.75 Å². The number of aryl methyl sites for hydroxylation is 1. The average molecular weight is 451 g/mol. The van der Waals surface area contributed by atoms with Crippen LogP contribution in [0.3, 0.4) is 0 Å². The summed E-state index contributed by atoms with van der Waals surface area (Å²) in [6, 6.07) is 13.9. The van der Waals surface area contributed by atoms with Crippen molar-refractivity contribution in [1.29, 1.82) is 0 Å². The van der Waals surface area contributed by atoms with Crippen molar-refractivity contribution in [2.45, 2.75) is 37.0 Å². The van der Waals surface area contributed by atoms with Crippen molar-refractivity contribution >= 4 is 27.5 Å². The highest BCUT2D eigenvalue weighted by molar-refractivity contribution is 7.89. The highest BCUT2D eigenvalue weighted by Gasteiger charge is 2.25. The topological polar surface area (TPSA) is 75.7 Å². The molecule has 1 heterocycles. The van der Waals surface area contributed by atoms with Gasteiger partial charge in [0.1, 0.15) is 12.4 Å². The standard InChI is InChI=1S/C22H27ClN2O4S/c23-21-7-3-2-6-18(21)8-13-22(26)24-14-17-29-19-9-11-20(12-10-19)30(27,28)25-15-4-1-5-16-25/h2-3,6-7,9-12H,1,4-5,8,13-17H2,(H,24,26). The number of benzene rings is 2. The molecule has 0 saturated carbocycles. The SMILES string of the molecule is O=C(CCc1ccccc1Cl)NCCOc1ccc(S(=O)(=O)N2CCCCC2)cc1. The van der Waals surface area contributed by atoms with E-state index >= 15 is 0 Å². The van der Waals surface area contributed by atoms with E-state index in [1.165, 1.54) is 0 Å². The minimum Gasteiger partial charge on any atom is -0.492 e. The molecule has 3 rings (SSSR count). The molecule has 6 nitrogen and oxygen atoms in total. The van der Waals surface area contributed by atoms with E-state index in [0.717, 1.165) is 24.8 Å². The first-order valence-corrected chi connectivity index (χ1v) is 12.0. The summed E-state index contributed by atoms with van der Waals surface area (Å²) in [5, 5.41) is 3.48. The third kappa shape index (κ3) is 6.20. The maximum atomic E-state index is 12.6. The number of rotatable bonds is 9. The zero-order valence-corrected chi connectivity index (χ0v) is 18.4. The maximum Gasteiger partial charge on any atom is 0.243 e. The molecule has 0 bridgehead atoms. The fraction of sp³-hybridized carbons (Fsp3) is 0.409. The number of nitrogens with one attached hydrogen (secondary N) is 1. The monoisotopic (exact) mass is 450 g/mol. The van der Waals surface area contributed by atoms with Gasteiger partial charge in [0, 0.05) is 24.5 Å². The first kappa shape index (κ1) is 22.6. The molecular weight excluding hydrogens is 424 g/mol. The number of amides is 1. The van der Waals surface area contributed by atoms with Gasteiger partial charge >= 0.3 is 0 Å². The molecule has 0 aromatic heterocycles. The summed E-state index contributed by atoms with van der Waals surface area (Å²) < 4.78 is 32.4. The number of piperidine rings is 1. The van der Waals surface area contributed by atoms with Gasteiger partial charge in [-0.2, -0.15) is 4.31 Å². The Morgan fingerprint density at radius 2 is 1.73 bits per heavy atom. The van der Waals surface area contributed by atoms with Crippen LogP contribution in [0.1, 0.15) is 31.2 Å². The van der Waals surface area contributed by atoms with E-state index in [0.29, 0.717) is 49.9 Å². The maximum absolute atomic E-state index is 12.6. The third-order valence-corrected chi connectivity index (χ3v) is 7.33. The summed E-state index contributed by atoms with van der Waals surface area (Å²) in [6.07, 6.45) is 3.83. The smallest absolute Gasteiger partial charge is 0.243 e. The Balaban J connectivity index is 1.40. The third-order valence-electron chi connectivity index (χ3n) is 5.05. The van der Waals surface area contributed by atoms with Crippen LogP contribution in [-0.2, 0) is 21.2 Å². The largest absolute Gasteiger partial charge is 0.492 e. The minimum absolute atomic E-state index is 0.0681. The highest BCUT2D eigenvalue weighted by atomic mass is 35.5. The number of halogens is 1. The lowest BCUT2D eigenvalue weighted by molar-refractivity contribution is -0.121. The number of carbonyl (C=O) groups excluding carboxylic acids is 1. The molecule has 30 heavy (non-hydrogen) atoms. The summed E-state index contributed by atoms with van der Waals surface area (Å²) in [5.74, 6) is 0.499. The molecule has 1 N–H and O–H groups in total. The van der Waals surface area contributed by atoms with E-state index < -0.39 is 10.0 Å². The van der Waals surface area contributed by atoms with Crippen LogP contribution in [0.4, 0.5) is 0 Å². The molecule has 1 aliphatic heterocycles. The van der Waals surface area contributed by atoms with E-state index in [4.69, 9.17) is 16.3 Å². The number of sulfonamides is 1. The zero-order chi connectivity index (χ0) is 21.4. The molecular formula is C22H27ClN2O4S. The molecule has 1 saturated heterocycles. The number of hydrogen-bond donors (Lipinski definition) is 1. The van der Waals surface area contributed by atoms with Gasteiger partial charge in [-0.15, -0.1) is 0 Å². The molecule has 1 amide bonds. The lowest BCUT2D eigenvalue weighted by atomic mass is 10.1. The van der Waals surface area contributed by atoms with Gasteiger partial charge in [-0.1, -0.05) is 36.2 Å². The van der Waals surface area contributed by atoms with Crippen molar-refractivity contribution in [3.63, 3.8) is 0 Å². The second-order valence-electron chi connectivity index (χ2n) is 7.23. The van der Waals surface area contributed by atoms with Crippen molar-refractivity contribution in [2.24, 2.45) is 0 Å². The number of nitrogens with zero attached hydrogens (tertiary/aromatic N) is 1. The molecule has 0 radical (unpaired) electrons. The first-order valence-electron chi connectivity index (χ1n) is 10.2. The second-order valence-corrected chi connectivity index (χ2v) is 9.57. The van der Waals surface area contributed by atoms with E-state index in [1.807, 2.05) is 24.3 Å². The molecule has 0 atom stereocenters. The van der Waals surface area contributed by atoms with Crippen molar-refractivity contribution in [2.75, 3.05) is 26.2 Å². The Labute approximate surface area is 183 Å². The van der Waals surface area contributed by atoms with Gasteiger partial charge < -0.3 is 10.1 Å². The van der Waals surface area contributed by atoms with E-state index in [1.54, 1.807) is 28.6 Å². The van der Waals surface area contributed by atoms with Gasteiger partial charge in [0.05, 0.1) is 11.4 Å². The average Bonchev–Trinajstić information content (AvgIpc) is 2.77. The summed E-state index contributed by atoms with van der Waals surface area (Å²) in [4.78, 5) is 12.2. The molecule has 8 heteroatoms. The molecule has 1 aliphatic rings. The Morgan fingerprint density at radius 3 is 2.43 bits per heavy atom. The molecule has 2 aromatic rings. The van der Waals surface area contributed by atoms with Gasteiger partial charge in [0.2, 0.25) is 15.9 Å². The fourth-order valence-electron chi connectivity index (χ4n) is 3.36. The minimum atomic E-state index is -3.44. The van der Waals surface area contributed by atoms with Gasteiger partial charge in [-0.3, -0.25) is 4.79 Å². The zero-order valence-electron chi connectivity index (χ0n) is 16.8. The normalized spacial score (nSPS) is 15.0. The van der Waals surface area contributed by atoms with Crippen LogP contribution >= 0.6 is 11.6 Å². The van der Waals surface area contributed by atoms with Gasteiger partial charge in [-0.25, -0.2) is 8.42 Å². The fourth-order valence-corrected chi connectivity index (χ4v) is 5.11. The number of ether oxygens (including phenoxy) is 1. The molecule has 0 unspecified atom stereocenters. The van der Waals surface area contributed by atoms with Gasteiger partial charge in [-0.05, 0) is 55.2 Å². The predicted molar refractivity (Wildman–Crippen MR) is 117 cm³/mol. The lowest BCUT2D eigenvalue weighted by Gasteiger charge is -2.25. The second kappa shape index (κ2) is 10.8. The van der Waals surface area contributed by atoms with Crippen LogP contribution in [0, 0.1) is 0 Å². The van der Waals surface area contributed by atoms with E-state index in [-0.39, 0.29) is 10.8 Å². The first-order chi connectivity index (χ1) is 14.5. The lowest BCUT2D eigenvalue weighted by Crippen LogP contribution is -2.35. The van der Waals surface area contributed by atoms with E-state index in [9.17, 15) is 13.2 Å². The van der Waals surface area contributed by atoms with Crippen molar-refractivity contribution in [3.8, 4) is 5.75 Å². The van der Waals surface area contributed by atoms with E-state index in [2.05, 4.69) is 5.32 Å². The molecule has 0 spiro atoms. The Morgan fingerprint density at radius 1 is 1.03 bits per heavy atom. The van der Waals surface area contributed by atoms with Crippen molar-refractivity contribution in [1.82, 2.24) is 9.62 Å². The van der Waals surface area contributed by atoms with Crippen LogP contribution in [0.2, 0.25) is 5.02 Å². The number of hydrogen-bond acceptors (Lipinski definition) is 4. The van der Waals surface area contributed by atoms with Crippen LogP contribution in [0.25, 0.3) is 0 Å². The summed E-state index contributed by atoms with van der Waals surface area (Å²) >= 11 is 6.09.